The Bertz CT molecular complexity index is 926. The molecule has 0 aliphatic carbocycles. The van der Waals surface area contributed by atoms with Gasteiger partial charge in [0.1, 0.15) is 6.33 Å². The van der Waals surface area contributed by atoms with Gasteiger partial charge in [-0.2, -0.15) is 0 Å². The number of benzene rings is 1. The zero-order chi connectivity index (χ0) is 17.3. The molecule has 0 fully saturated rings. The first-order valence-corrected chi connectivity index (χ1v) is 7.13. The number of carbonyl (C=O) groups is 2. The second-order valence-electron chi connectivity index (χ2n) is 4.43. The normalized spacial score (nSPS) is 10.6. The molecule has 3 aromatic rings. The fraction of sp³-hybridized carbons (Fsp3) is 0. The number of halogens is 2. The van der Waals surface area contributed by atoms with Crippen LogP contribution in [-0.2, 0) is 0 Å². The van der Waals surface area contributed by atoms with Crippen LogP contribution in [0.3, 0.4) is 0 Å². The van der Waals surface area contributed by atoms with Crippen LogP contribution in [0.2, 0.25) is 0 Å². The molecule has 3 rings (SSSR count). The molecular formula is C13H7F2N5O3S. The van der Waals surface area contributed by atoms with Gasteiger partial charge in [-0.1, -0.05) is 11.3 Å². The Hall–Kier alpha value is -3.21. The number of imidazole rings is 1. The average molecular weight is 351 g/mol. The maximum absolute atomic E-state index is 13.3. The van der Waals surface area contributed by atoms with Gasteiger partial charge in [0.05, 0.1) is 11.3 Å². The van der Waals surface area contributed by atoms with E-state index in [-0.39, 0.29) is 10.7 Å². The molecule has 11 heteroatoms. The second-order valence-corrected chi connectivity index (χ2v) is 5.39. The van der Waals surface area contributed by atoms with E-state index >= 15 is 0 Å². The summed E-state index contributed by atoms with van der Waals surface area (Å²) >= 11 is 0.913. The Labute approximate surface area is 136 Å². The van der Waals surface area contributed by atoms with Gasteiger partial charge in [0.15, 0.2) is 11.6 Å². The van der Waals surface area contributed by atoms with E-state index in [0.29, 0.717) is 17.3 Å². The van der Waals surface area contributed by atoms with Crippen LogP contribution in [-0.4, -0.2) is 36.7 Å². The Balaban J connectivity index is 1.88. The standard InChI is InChI=1S/C13H7F2N5O3S/c14-7-3-6(12(22)23)9(4-8(7)15)17-10(21)11-18-19-13(24-11)20-2-1-16-5-20/h1-5H,(H,17,21)(H,22,23). The van der Waals surface area contributed by atoms with E-state index in [9.17, 15) is 18.4 Å². The number of carbonyl (C=O) groups excluding carboxylic acids is 1. The number of carboxylic acids is 1. The summed E-state index contributed by atoms with van der Waals surface area (Å²) in [7, 11) is 0. The lowest BCUT2D eigenvalue weighted by Gasteiger charge is -2.07. The summed E-state index contributed by atoms with van der Waals surface area (Å²) in [5, 5.41) is 19.0. The molecule has 1 aromatic carbocycles. The first kappa shape index (κ1) is 15.7. The van der Waals surface area contributed by atoms with Crippen molar-refractivity contribution in [1.82, 2.24) is 19.7 Å². The van der Waals surface area contributed by atoms with E-state index in [1.165, 1.54) is 17.1 Å². The minimum absolute atomic E-state index is 0.0835. The van der Waals surface area contributed by atoms with Crippen LogP contribution in [0.25, 0.3) is 5.13 Å². The summed E-state index contributed by atoms with van der Waals surface area (Å²) < 4.78 is 28.0. The third kappa shape index (κ3) is 2.96. The molecule has 1 amide bonds. The van der Waals surface area contributed by atoms with E-state index in [0.717, 1.165) is 11.3 Å². The molecule has 0 atom stereocenters. The van der Waals surface area contributed by atoms with Crippen LogP contribution in [0, 0.1) is 11.6 Å². The van der Waals surface area contributed by atoms with Crippen molar-refractivity contribution >= 4 is 28.9 Å². The van der Waals surface area contributed by atoms with Gasteiger partial charge in [0, 0.05) is 18.5 Å². The molecule has 0 bridgehead atoms. The number of rotatable bonds is 4. The van der Waals surface area contributed by atoms with E-state index in [2.05, 4.69) is 20.5 Å². The highest BCUT2D eigenvalue weighted by Gasteiger charge is 2.20. The van der Waals surface area contributed by atoms with Crippen LogP contribution in [0.15, 0.2) is 30.9 Å². The molecule has 2 N–H and O–H groups in total. The van der Waals surface area contributed by atoms with Crippen molar-refractivity contribution in [3.63, 3.8) is 0 Å². The number of anilines is 1. The zero-order valence-electron chi connectivity index (χ0n) is 11.6. The lowest BCUT2D eigenvalue weighted by molar-refractivity contribution is 0.0697. The molecular weight excluding hydrogens is 344 g/mol. The highest BCUT2D eigenvalue weighted by atomic mass is 32.1. The van der Waals surface area contributed by atoms with Gasteiger partial charge < -0.3 is 10.4 Å². The highest BCUT2D eigenvalue weighted by Crippen LogP contribution is 2.22. The quantitative estimate of drug-likeness (QED) is 0.743. The smallest absolute Gasteiger partial charge is 0.337 e. The number of nitrogens with zero attached hydrogens (tertiary/aromatic N) is 4. The second kappa shape index (κ2) is 6.12. The summed E-state index contributed by atoms with van der Waals surface area (Å²) in [6.45, 7) is 0. The Kier molecular flexibility index (Phi) is 4.00. The molecule has 0 saturated carbocycles. The fourth-order valence-electron chi connectivity index (χ4n) is 1.79. The molecule has 0 unspecified atom stereocenters. The number of hydrogen-bond acceptors (Lipinski definition) is 6. The Morgan fingerprint density at radius 1 is 1.21 bits per heavy atom. The van der Waals surface area contributed by atoms with E-state index < -0.39 is 29.1 Å². The summed E-state index contributed by atoms with van der Waals surface area (Å²) in [6.07, 6.45) is 4.57. The van der Waals surface area contributed by atoms with Gasteiger partial charge in [-0.3, -0.25) is 9.36 Å². The number of amides is 1. The summed E-state index contributed by atoms with van der Waals surface area (Å²) in [6, 6.07) is 1.08. The average Bonchev–Trinajstić information content (AvgIpc) is 3.20. The first-order chi connectivity index (χ1) is 11.5. The van der Waals surface area contributed by atoms with Crippen molar-refractivity contribution < 1.29 is 23.5 Å². The molecule has 0 aliphatic rings. The van der Waals surface area contributed by atoms with Gasteiger partial charge >= 0.3 is 5.97 Å². The van der Waals surface area contributed by atoms with Crippen LogP contribution in [0.4, 0.5) is 14.5 Å². The molecule has 24 heavy (non-hydrogen) atoms. The van der Waals surface area contributed by atoms with Crippen LogP contribution < -0.4 is 5.32 Å². The SMILES string of the molecule is O=C(Nc1cc(F)c(F)cc1C(=O)O)c1nnc(-n2ccnc2)s1. The number of aromatic carboxylic acids is 1. The largest absolute Gasteiger partial charge is 0.478 e. The molecule has 8 nitrogen and oxygen atoms in total. The van der Waals surface area contributed by atoms with Gasteiger partial charge in [0.25, 0.3) is 5.91 Å². The molecule has 0 saturated heterocycles. The topological polar surface area (TPSA) is 110 Å². The molecule has 2 aromatic heterocycles. The van der Waals surface area contributed by atoms with Crippen molar-refractivity contribution in [2.75, 3.05) is 5.32 Å². The Morgan fingerprint density at radius 2 is 1.96 bits per heavy atom. The maximum Gasteiger partial charge on any atom is 0.337 e. The number of aromatic nitrogens is 4. The molecule has 2 heterocycles. The van der Waals surface area contributed by atoms with Crippen LogP contribution in [0.1, 0.15) is 20.2 Å². The van der Waals surface area contributed by atoms with Crippen molar-refractivity contribution in [2.45, 2.75) is 0 Å². The third-order valence-corrected chi connectivity index (χ3v) is 3.81. The fourth-order valence-corrected chi connectivity index (χ4v) is 2.48. The minimum Gasteiger partial charge on any atom is -0.478 e. The molecule has 122 valence electrons. The maximum atomic E-state index is 13.3. The van der Waals surface area contributed by atoms with Gasteiger partial charge in [0.2, 0.25) is 10.1 Å². The van der Waals surface area contributed by atoms with Crippen molar-refractivity contribution in [3.8, 4) is 5.13 Å². The van der Waals surface area contributed by atoms with Crippen LogP contribution >= 0.6 is 11.3 Å². The van der Waals surface area contributed by atoms with E-state index in [1.54, 1.807) is 6.20 Å². The molecule has 0 spiro atoms. The Morgan fingerprint density at radius 3 is 2.62 bits per heavy atom. The molecule has 0 radical (unpaired) electrons. The number of carboxylic acid groups (broad SMARTS) is 1. The van der Waals surface area contributed by atoms with Crippen LogP contribution in [0.5, 0.6) is 0 Å². The summed E-state index contributed by atoms with van der Waals surface area (Å²) in [5.74, 6) is -4.93. The van der Waals surface area contributed by atoms with Gasteiger partial charge in [-0.25, -0.2) is 18.6 Å². The third-order valence-electron chi connectivity index (χ3n) is 2.87. The lowest BCUT2D eigenvalue weighted by Crippen LogP contribution is -2.15. The van der Waals surface area contributed by atoms with Crippen molar-refractivity contribution in [2.24, 2.45) is 0 Å². The summed E-state index contributed by atoms with van der Waals surface area (Å²) in [5.41, 5.74) is -0.965. The zero-order valence-corrected chi connectivity index (χ0v) is 12.4. The molecule has 0 aliphatic heterocycles. The number of hydrogen-bond donors (Lipinski definition) is 2. The summed E-state index contributed by atoms with van der Waals surface area (Å²) in [4.78, 5) is 27.0. The predicted molar refractivity (Wildman–Crippen MR) is 78.3 cm³/mol. The minimum atomic E-state index is -1.51. The van der Waals surface area contributed by atoms with Crippen molar-refractivity contribution in [1.29, 1.82) is 0 Å². The number of nitrogens with one attached hydrogen (secondary N) is 1. The predicted octanol–water partition coefficient (Wildman–Crippen LogP) is 1.95. The van der Waals surface area contributed by atoms with E-state index in [4.69, 9.17) is 5.11 Å². The van der Waals surface area contributed by atoms with Crippen molar-refractivity contribution in [3.05, 3.63) is 53.1 Å². The van der Waals surface area contributed by atoms with E-state index in [1.807, 2.05) is 0 Å². The van der Waals surface area contributed by atoms with Gasteiger partial charge in [-0.05, 0) is 6.07 Å². The monoisotopic (exact) mass is 351 g/mol. The lowest BCUT2D eigenvalue weighted by atomic mass is 10.1. The highest BCUT2D eigenvalue weighted by molar-refractivity contribution is 7.15. The van der Waals surface area contributed by atoms with Gasteiger partial charge in [-0.15, -0.1) is 10.2 Å². The first-order valence-electron chi connectivity index (χ1n) is 6.31.